The second-order valence-corrected chi connectivity index (χ2v) is 9.54. The molecule has 0 aromatic heterocycles. The van der Waals surface area contributed by atoms with Crippen LogP contribution in [0.4, 0.5) is 5.69 Å². The van der Waals surface area contributed by atoms with Gasteiger partial charge < -0.3 is 14.8 Å². The van der Waals surface area contributed by atoms with Crippen LogP contribution >= 0.6 is 0 Å². The Morgan fingerprint density at radius 1 is 1.00 bits per heavy atom. The number of anilines is 1. The van der Waals surface area contributed by atoms with Gasteiger partial charge in [-0.1, -0.05) is 30.3 Å². The van der Waals surface area contributed by atoms with Crippen LogP contribution < -0.4 is 19.1 Å². The van der Waals surface area contributed by atoms with Gasteiger partial charge in [0.05, 0.1) is 19.9 Å². The number of carbonyl (C=O) groups excluding carboxylic acids is 1. The van der Waals surface area contributed by atoms with E-state index in [9.17, 15) is 13.2 Å². The number of rotatable bonds is 7. The first-order valence-corrected chi connectivity index (χ1v) is 12.1. The largest absolute Gasteiger partial charge is 0.497 e. The van der Waals surface area contributed by atoms with Gasteiger partial charge in [-0.25, -0.2) is 8.42 Å². The molecule has 0 radical (unpaired) electrons. The van der Waals surface area contributed by atoms with Crippen molar-refractivity contribution in [2.24, 2.45) is 0 Å². The number of nitrogens with zero attached hydrogens (tertiary/aromatic N) is 1. The lowest BCUT2D eigenvalue weighted by Gasteiger charge is -2.31. The molecule has 33 heavy (non-hydrogen) atoms. The van der Waals surface area contributed by atoms with Crippen LogP contribution in [0.5, 0.6) is 11.5 Å². The van der Waals surface area contributed by atoms with Gasteiger partial charge in [0.25, 0.3) is 15.9 Å². The van der Waals surface area contributed by atoms with E-state index >= 15 is 0 Å². The van der Waals surface area contributed by atoms with Crippen molar-refractivity contribution in [2.45, 2.75) is 24.3 Å². The van der Waals surface area contributed by atoms with Gasteiger partial charge in [-0.3, -0.25) is 9.10 Å². The van der Waals surface area contributed by atoms with Gasteiger partial charge in [-0.05, 0) is 60.4 Å². The molecule has 0 bridgehead atoms. The first-order chi connectivity index (χ1) is 15.9. The van der Waals surface area contributed by atoms with Gasteiger partial charge in [-0.2, -0.15) is 0 Å². The number of fused-ring (bicyclic) bond motifs is 1. The molecule has 7 nitrogen and oxygen atoms in total. The zero-order valence-electron chi connectivity index (χ0n) is 18.6. The zero-order valence-corrected chi connectivity index (χ0v) is 19.4. The van der Waals surface area contributed by atoms with Crippen molar-refractivity contribution in [1.29, 1.82) is 0 Å². The van der Waals surface area contributed by atoms with E-state index in [2.05, 4.69) is 5.32 Å². The third-order valence-corrected chi connectivity index (χ3v) is 7.51. The quantitative estimate of drug-likeness (QED) is 0.573. The number of hydrogen-bond donors (Lipinski definition) is 1. The molecule has 0 fully saturated rings. The Labute approximate surface area is 194 Å². The van der Waals surface area contributed by atoms with E-state index in [0.29, 0.717) is 18.8 Å². The summed E-state index contributed by atoms with van der Waals surface area (Å²) in [5, 5.41) is 2.84. The summed E-state index contributed by atoms with van der Waals surface area (Å²) in [7, 11) is -0.924. The first kappa shape index (κ1) is 22.7. The lowest BCUT2D eigenvalue weighted by atomic mass is 10.0. The molecule has 0 aliphatic carbocycles. The predicted molar refractivity (Wildman–Crippen MR) is 126 cm³/mol. The van der Waals surface area contributed by atoms with E-state index < -0.39 is 10.0 Å². The molecule has 8 heteroatoms. The smallest absolute Gasteiger partial charge is 0.268 e. The molecule has 1 amide bonds. The van der Waals surface area contributed by atoms with Crippen molar-refractivity contribution in [2.75, 3.05) is 25.1 Å². The normalized spacial score (nSPS) is 13.2. The Bertz CT molecular complexity index is 1260. The molecule has 0 spiro atoms. The Hall–Kier alpha value is -3.52. The average molecular weight is 467 g/mol. The van der Waals surface area contributed by atoms with E-state index in [1.54, 1.807) is 13.2 Å². The van der Waals surface area contributed by atoms with Gasteiger partial charge in [0.1, 0.15) is 16.4 Å². The van der Waals surface area contributed by atoms with E-state index in [-0.39, 0.29) is 22.1 Å². The fraction of sp³-hybridized carbons (Fsp3) is 0.240. The minimum atomic E-state index is -3.93. The molecule has 1 aliphatic heterocycles. The maximum Gasteiger partial charge on any atom is 0.268 e. The number of carbonyl (C=O) groups is 1. The minimum Gasteiger partial charge on any atom is -0.497 e. The van der Waals surface area contributed by atoms with Crippen molar-refractivity contribution in [3.8, 4) is 11.5 Å². The van der Waals surface area contributed by atoms with Crippen LogP contribution in [0.25, 0.3) is 0 Å². The molecule has 0 atom stereocenters. The van der Waals surface area contributed by atoms with Gasteiger partial charge in [-0.15, -0.1) is 0 Å². The van der Waals surface area contributed by atoms with Crippen molar-refractivity contribution in [3.63, 3.8) is 0 Å². The van der Waals surface area contributed by atoms with Crippen LogP contribution in [0.2, 0.25) is 0 Å². The number of hydrogen-bond acceptors (Lipinski definition) is 5. The Kier molecular flexibility index (Phi) is 6.55. The third-order valence-electron chi connectivity index (χ3n) is 5.67. The second kappa shape index (κ2) is 9.54. The second-order valence-electron chi connectivity index (χ2n) is 7.71. The van der Waals surface area contributed by atoms with Crippen molar-refractivity contribution >= 4 is 21.6 Å². The number of amides is 1. The highest BCUT2D eigenvalue weighted by molar-refractivity contribution is 7.93. The fourth-order valence-corrected chi connectivity index (χ4v) is 5.64. The maximum atomic E-state index is 13.6. The number of benzene rings is 3. The molecule has 0 unspecified atom stereocenters. The van der Waals surface area contributed by atoms with Gasteiger partial charge in [0.15, 0.2) is 0 Å². The summed E-state index contributed by atoms with van der Waals surface area (Å²) in [4.78, 5) is 12.8. The number of methoxy groups -OCH3 is 2. The summed E-state index contributed by atoms with van der Waals surface area (Å²) in [5.74, 6) is 0.558. The van der Waals surface area contributed by atoms with Crippen LogP contribution in [0.3, 0.4) is 0 Å². The molecule has 0 saturated heterocycles. The Morgan fingerprint density at radius 3 is 2.48 bits per heavy atom. The van der Waals surface area contributed by atoms with Crippen molar-refractivity contribution in [3.05, 3.63) is 83.4 Å². The SMILES string of the molecule is COc1ccc(CNC(=O)c2ccc(OC)c(S(=O)(=O)N3CCCc4ccccc43)c2)cc1. The molecule has 1 heterocycles. The van der Waals surface area contributed by atoms with Crippen molar-refractivity contribution < 1.29 is 22.7 Å². The molecule has 1 N–H and O–H groups in total. The van der Waals surface area contributed by atoms with Crippen LogP contribution in [0.15, 0.2) is 71.6 Å². The highest BCUT2D eigenvalue weighted by Crippen LogP contribution is 2.35. The number of para-hydroxylation sites is 1. The monoisotopic (exact) mass is 466 g/mol. The molecule has 3 aromatic carbocycles. The molecule has 3 aromatic rings. The van der Waals surface area contributed by atoms with Crippen LogP contribution in [-0.2, 0) is 23.0 Å². The standard InChI is InChI=1S/C25H26N2O5S/c1-31-21-12-9-18(10-13-21)17-26-25(28)20-11-14-23(32-2)24(16-20)33(29,30)27-15-5-7-19-6-3-4-8-22(19)27/h3-4,6,8-14,16H,5,7,15,17H2,1-2H3,(H,26,28). The Morgan fingerprint density at radius 2 is 1.76 bits per heavy atom. The van der Waals surface area contributed by atoms with Gasteiger partial charge in [0.2, 0.25) is 0 Å². The van der Waals surface area contributed by atoms with Gasteiger partial charge in [0, 0.05) is 18.7 Å². The van der Waals surface area contributed by atoms with Crippen molar-refractivity contribution in [1.82, 2.24) is 5.32 Å². The first-order valence-electron chi connectivity index (χ1n) is 10.6. The van der Waals surface area contributed by atoms with E-state index in [0.717, 1.165) is 29.7 Å². The summed E-state index contributed by atoms with van der Waals surface area (Å²) in [6.07, 6.45) is 1.55. The number of sulfonamides is 1. The molecule has 0 saturated carbocycles. The number of nitrogens with one attached hydrogen (secondary N) is 1. The van der Waals surface area contributed by atoms with Crippen LogP contribution in [-0.4, -0.2) is 35.1 Å². The minimum absolute atomic E-state index is 0.0289. The third kappa shape index (κ3) is 4.66. The highest BCUT2D eigenvalue weighted by Gasteiger charge is 2.32. The zero-order chi connectivity index (χ0) is 23.4. The lowest BCUT2D eigenvalue weighted by Crippen LogP contribution is -2.35. The predicted octanol–water partition coefficient (Wildman–Crippen LogP) is 3.78. The number of ether oxygens (including phenoxy) is 2. The summed E-state index contributed by atoms with van der Waals surface area (Å²) >= 11 is 0. The number of aryl methyl sites for hydroxylation is 1. The van der Waals surface area contributed by atoms with Crippen LogP contribution in [0.1, 0.15) is 27.9 Å². The average Bonchev–Trinajstić information content (AvgIpc) is 2.86. The summed E-state index contributed by atoms with van der Waals surface area (Å²) in [6, 6.07) is 19.3. The van der Waals surface area contributed by atoms with Gasteiger partial charge >= 0.3 is 0 Å². The highest BCUT2D eigenvalue weighted by atomic mass is 32.2. The molecular formula is C25H26N2O5S. The lowest BCUT2D eigenvalue weighted by molar-refractivity contribution is 0.0950. The van der Waals surface area contributed by atoms with E-state index in [4.69, 9.17) is 9.47 Å². The molecule has 172 valence electrons. The topological polar surface area (TPSA) is 84.9 Å². The fourth-order valence-electron chi connectivity index (χ4n) is 3.91. The summed E-state index contributed by atoms with van der Waals surface area (Å²) in [5.41, 5.74) is 2.79. The Balaban J connectivity index is 1.61. The van der Waals surface area contributed by atoms with E-state index in [1.165, 1.54) is 23.5 Å². The molecule has 1 aliphatic rings. The maximum absolute atomic E-state index is 13.6. The summed E-state index contributed by atoms with van der Waals surface area (Å²) < 4.78 is 39.2. The van der Waals surface area contributed by atoms with Crippen LogP contribution in [0, 0.1) is 0 Å². The van der Waals surface area contributed by atoms with E-state index in [1.807, 2.05) is 48.5 Å². The molecular weight excluding hydrogens is 440 g/mol. The summed E-state index contributed by atoms with van der Waals surface area (Å²) in [6.45, 7) is 0.673. The molecule has 4 rings (SSSR count).